The highest BCUT2D eigenvalue weighted by molar-refractivity contribution is 5.77. The average Bonchev–Trinajstić information content (AvgIpc) is 2.77. The van der Waals surface area contributed by atoms with E-state index >= 15 is 0 Å². The summed E-state index contributed by atoms with van der Waals surface area (Å²) in [6, 6.07) is -3.38. The van der Waals surface area contributed by atoms with Crippen LogP contribution in [-0.4, -0.2) is 57.3 Å². The molecule has 0 aliphatic carbocycles. The molecule has 3 atom stereocenters. The lowest BCUT2D eigenvalue weighted by Crippen LogP contribution is -2.73. The number of carbonyl (C=O) groups is 3. The molecular weight excluding hydrogens is 434 g/mol. The lowest BCUT2D eigenvalue weighted by Gasteiger charge is -2.51. The van der Waals surface area contributed by atoms with E-state index in [4.69, 9.17) is 0 Å². The first kappa shape index (κ1) is 32.1. The van der Waals surface area contributed by atoms with E-state index in [1.807, 2.05) is 0 Å². The zero-order valence-corrected chi connectivity index (χ0v) is 22.0. The molecular formula is C27H49NO6. The van der Waals surface area contributed by atoms with Crippen LogP contribution in [0.3, 0.4) is 0 Å². The highest BCUT2D eigenvalue weighted by Crippen LogP contribution is 2.32. The van der Waals surface area contributed by atoms with Crippen LogP contribution in [0.4, 0.5) is 0 Å². The normalized spacial score (nSPS) is 16.1. The Kier molecular flexibility index (Phi) is 17.4. The van der Waals surface area contributed by atoms with E-state index in [1.54, 1.807) is 20.8 Å². The van der Waals surface area contributed by atoms with Crippen LogP contribution in [-0.2, 0) is 14.4 Å². The largest absolute Gasteiger partial charge is 0.544 e. The van der Waals surface area contributed by atoms with Gasteiger partial charge in [-0.2, -0.15) is 0 Å². The number of nitrogens with zero attached hydrogens (tertiary/aromatic N) is 1. The third kappa shape index (κ3) is 10.2. The van der Waals surface area contributed by atoms with Gasteiger partial charge in [0.25, 0.3) is 0 Å². The van der Waals surface area contributed by atoms with Crippen molar-refractivity contribution >= 4 is 17.9 Å². The van der Waals surface area contributed by atoms with Crippen molar-refractivity contribution in [3.05, 3.63) is 12.2 Å². The number of aliphatic carboxylic acids is 3. The van der Waals surface area contributed by atoms with Gasteiger partial charge in [0.15, 0.2) is 12.1 Å². The van der Waals surface area contributed by atoms with Crippen molar-refractivity contribution in [1.29, 1.82) is 0 Å². The lowest BCUT2D eigenvalue weighted by atomic mass is 9.93. The summed E-state index contributed by atoms with van der Waals surface area (Å²) in [5, 5.41) is 32.0. The molecule has 0 aliphatic rings. The Bertz CT molecular complexity index is 563. The maximum Gasteiger partial charge on any atom is 0.362 e. The molecule has 0 bridgehead atoms. The highest BCUT2D eigenvalue weighted by atomic mass is 16.4. The van der Waals surface area contributed by atoms with E-state index in [1.165, 1.54) is 19.3 Å². The monoisotopic (exact) mass is 483 g/mol. The molecule has 0 saturated heterocycles. The molecule has 0 amide bonds. The number of carbonyl (C=O) groups excluding carboxylic acids is 1. The molecule has 2 N–H and O–H groups in total. The number of quaternary nitrogens is 1. The second kappa shape index (κ2) is 18.4. The lowest BCUT2D eigenvalue weighted by molar-refractivity contribution is -0.974. The Morgan fingerprint density at radius 1 is 0.676 bits per heavy atom. The van der Waals surface area contributed by atoms with Crippen molar-refractivity contribution in [2.75, 3.05) is 6.54 Å². The molecule has 0 radical (unpaired) electrons. The van der Waals surface area contributed by atoms with Crippen LogP contribution in [0.2, 0.25) is 0 Å². The quantitative estimate of drug-likeness (QED) is 0.128. The van der Waals surface area contributed by atoms with Gasteiger partial charge in [0.1, 0.15) is 6.04 Å². The Morgan fingerprint density at radius 2 is 1.09 bits per heavy atom. The van der Waals surface area contributed by atoms with E-state index in [0.717, 1.165) is 44.9 Å². The SMILES string of the molecule is CCCCC/C=C/CCCCCCCC[N+](C(CC)C(=O)[O-])(C(CC)C(=O)O)C(CC)C(=O)O. The summed E-state index contributed by atoms with van der Waals surface area (Å²) in [5.74, 6) is -3.67. The molecule has 0 fully saturated rings. The number of hydrogen-bond donors (Lipinski definition) is 2. The van der Waals surface area contributed by atoms with E-state index < -0.39 is 40.5 Å². The summed E-state index contributed by atoms with van der Waals surface area (Å²) in [6.45, 7) is 7.44. The minimum absolute atomic E-state index is 0.127. The zero-order chi connectivity index (χ0) is 26.0. The summed E-state index contributed by atoms with van der Waals surface area (Å²) >= 11 is 0. The van der Waals surface area contributed by atoms with E-state index in [9.17, 15) is 29.7 Å². The van der Waals surface area contributed by atoms with Gasteiger partial charge in [-0.25, -0.2) is 9.59 Å². The standard InChI is InChI=1S/C27H49NO6/c1-5-9-10-11-12-13-14-15-16-17-18-19-20-21-28(22(6-2)25(29)30,23(7-3)26(31)32)24(8-4)27(33)34/h12-13,22-24H,5-11,14-21H2,1-4H3,(H2-,29,30,31,32,33,34)/b13-12+. The molecule has 0 aromatic heterocycles. The number of unbranched alkanes of at least 4 members (excludes halogenated alkanes) is 9. The molecule has 198 valence electrons. The van der Waals surface area contributed by atoms with Gasteiger partial charge >= 0.3 is 11.9 Å². The highest BCUT2D eigenvalue weighted by Gasteiger charge is 2.53. The third-order valence-corrected chi connectivity index (χ3v) is 7.05. The maximum absolute atomic E-state index is 12.2. The fourth-order valence-corrected chi connectivity index (χ4v) is 5.37. The van der Waals surface area contributed by atoms with Crippen LogP contribution >= 0.6 is 0 Å². The molecule has 0 rings (SSSR count). The summed E-state index contributed by atoms with van der Waals surface area (Å²) in [6.07, 6.45) is 16.7. The van der Waals surface area contributed by atoms with Gasteiger partial charge in [-0.15, -0.1) is 0 Å². The third-order valence-electron chi connectivity index (χ3n) is 7.05. The molecule has 0 aromatic carbocycles. The molecule has 0 aromatic rings. The second-order valence-electron chi connectivity index (χ2n) is 9.36. The fraction of sp³-hybridized carbons (Fsp3) is 0.815. The molecule has 0 saturated carbocycles. The summed E-state index contributed by atoms with van der Waals surface area (Å²) < 4.78 is -0.473. The van der Waals surface area contributed by atoms with E-state index in [2.05, 4.69) is 19.1 Å². The van der Waals surface area contributed by atoms with Crippen molar-refractivity contribution in [1.82, 2.24) is 0 Å². The van der Waals surface area contributed by atoms with Crippen LogP contribution in [0.25, 0.3) is 0 Å². The first-order valence-corrected chi connectivity index (χ1v) is 13.4. The Morgan fingerprint density at radius 3 is 1.47 bits per heavy atom. The number of rotatable bonds is 22. The predicted molar refractivity (Wildman–Crippen MR) is 133 cm³/mol. The van der Waals surface area contributed by atoms with Gasteiger partial charge < -0.3 is 20.1 Å². The predicted octanol–water partition coefficient (Wildman–Crippen LogP) is 4.93. The van der Waals surface area contributed by atoms with Crippen LogP contribution < -0.4 is 5.11 Å². The number of allylic oxidation sites excluding steroid dienone is 2. The first-order valence-electron chi connectivity index (χ1n) is 13.4. The summed E-state index contributed by atoms with van der Waals surface area (Å²) in [7, 11) is 0. The average molecular weight is 484 g/mol. The van der Waals surface area contributed by atoms with E-state index in [0.29, 0.717) is 6.42 Å². The Balaban J connectivity index is 5.10. The minimum atomic E-state index is -1.37. The molecule has 7 nitrogen and oxygen atoms in total. The summed E-state index contributed by atoms with van der Waals surface area (Å²) in [4.78, 5) is 36.4. The smallest absolute Gasteiger partial charge is 0.362 e. The number of hydrogen-bond acceptors (Lipinski definition) is 4. The number of carboxylic acid groups (broad SMARTS) is 3. The molecule has 34 heavy (non-hydrogen) atoms. The van der Waals surface area contributed by atoms with Crippen molar-refractivity contribution in [3.8, 4) is 0 Å². The van der Waals surface area contributed by atoms with Gasteiger partial charge in [0.2, 0.25) is 0 Å². The van der Waals surface area contributed by atoms with Crippen molar-refractivity contribution in [3.63, 3.8) is 0 Å². The second-order valence-corrected chi connectivity index (χ2v) is 9.36. The first-order chi connectivity index (χ1) is 16.2. The topological polar surface area (TPSA) is 115 Å². The fourth-order valence-electron chi connectivity index (χ4n) is 5.37. The van der Waals surface area contributed by atoms with Crippen molar-refractivity contribution in [2.24, 2.45) is 0 Å². The van der Waals surface area contributed by atoms with Crippen molar-refractivity contribution < 1.29 is 34.2 Å². The van der Waals surface area contributed by atoms with Gasteiger partial charge in [-0.1, -0.05) is 72.0 Å². The minimum Gasteiger partial charge on any atom is -0.544 e. The Labute approximate surface area is 206 Å². The van der Waals surface area contributed by atoms with Crippen LogP contribution in [0, 0.1) is 0 Å². The molecule has 7 heteroatoms. The maximum atomic E-state index is 12.2. The van der Waals surface area contributed by atoms with Crippen molar-refractivity contribution in [2.45, 2.75) is 136 Å². The zero-order valence-electron chi connectivity index (χ0n) is 22.0. The van der Waals surface area contributed by atoms with Gasteiger partial charge in [0, 0.05) is 19.3 Å². The van der Waals surface area contributed by atoms with E-state index in [-0.39, 0.29) is 25.8 Å². The number of carboxylic acids is 3. The van der Waals surface area contributed by atoms with Gasteiger partial charge in [-0.05, 0) is 38.5 Å². The van der Waals surface area contributed by atoms with Gasteiger partial charge in [-0.3, -0.25) is 4.48 Å². The summed E-state index contributed by atoms with van der Waals surface area (Å²) in [5.41, 5.74) is 0. The van der Waals surface area contributed by atoms with Crippen LogP contribution in [0.5, 0.6) is 0 Å². The molecule has 0 heterocycles. The van der Waals surface area contributed by atoms with Crippen LogP contribution in [0.1, 0.15) is 118 Å². The van der Waals surface area contributed by atoms with Crippen LogP contribution in [0.15, 0.2) is 12.2 Å². The molecule has 3 unspecified atom stereocenters. The Hall–Kier alpha value is -1.89. The molecule has 0 aliphatic heterocycles. The van der Waals surface area contributed by atoms with Gasteiger partial charge in [0.05, 0.1) is 12.5 Å². The molecule has 0 spiro atoms.